The van der Waals surface area contributed by atoms with Gasteiger partial charge in [-0.1, -0.05) is 29.8 Å². The van der Waals surface area contributed by atoms with Crippen molar-refractivity contribution in [3.05, 3.63) is 59.4 Å². The fraction of sp³-hybridized carbons (Fsp3) is 0.267. The number of nitrogens with zero attached hydrogens (tertiary/aromatic N) is 1. The zero-order valence-corrected chi connectivity index (χ0v) is 10.6. The highest BCUT2D eigenvalue weighted by molar-refractivity contribution is 5.44. The SMILES string of the molecule is Cc1cccc(CC(N)Cc2cnccc2N)c1. The van der Waals surface area contributed by atoms with Crippen LogP contribution in [0.25, 0.3) is 0 Å². The van der Waals surface area contributed by atoms with Crippen LogP contribution >= 0.6 is 0 Å². The molecular weight excluding hydrogens is 222 g/mol. The molecule has 0 fully saturated rings. The van der Waals surface area contributed by atoms with E-state index in [0.29, 0.717) is 0 Å². The number of nitrogens with two attached hydrogens (primary N) is 2. The van der Waals surface area contributed by atoms with E-state index in [1.165, 1.54) is 11.1 Å². The highest BCUT2D eigenvalue weighted by atomic mass is 14.7. The van der Waals surface area contributed by atoms with Crippen molar-refractivity contribution in [2.24, 2.45) is 5.73 Å². The van der Waals surface area contributed by atoms with Gasteiger partial charge >= 0.3 is 0 Å². The van der Waals surface area contributed by atoms with Crippen LogP contribution in [0.4, 0.5) is 5.69 Å². The lowest BCUT2D eigenvalue weighted by molar-refractivity contribution is 0.664. The Kier molecular flexibility index (Phi) is 3.95. The van der Waals surface area contributed by atoms with Crippen molar-refractivity contribution in [1.82, 2.24) is 4.98 Å². The average molecular weight is 241 g/mol. The molecule has 0 saturated heterocycles. The summed E-state index contributed by atoms with van der Waals surface area (Å²) < 4.78 is 0. The predicted octanol–water partition coefficient (Wildman–Crippen LogP) is 2.08. The molecular formula is C15H19N3. The van der Waals surface area contributed by atoms with E-state index in [0.717, 1.165) is 24.1 Å². The summed E-state index contributed by atoms with van der Waals surface area (Å²) >= 11 is 0. The van der Waals surface area contributed by atoms with Crippen molar-refractivity contribution in [3.8, 4) is 0 Å². The summed E-state index contributed by atoms with van der Waals surface area (Å²) in [6.07, 6.45) is 5.11. The van der Waals surface area contributed by atoms with Crippen LogP contribution in [0.3, 0.4) is 0 Å². The smallest absolute Gasteiger partial charge is 0.0378 e. The maximum atomic E-state index is 6.17. The molecule has 0 saturated carbocycles. The second-order valence-corrected chi connectivity index (χ2v) is 4.73. The standard InChI is InChI=1S/C15H19N3/c1-11-3-2-4-12(7-11)8-14(16)9-13-10-18-6-5-15(13)17/h2-7,10,14H,8-9,16H2,1H3,(H2,17,18). The van der Waals surface area contributed by atoms with E-state index >= 15 is 0 Å². The van der Waals surface area contributed by atoms with Gasteiger partial charge in [0.25, 0.3) is 0 Å². The van der Waals surface area contributed by atoms with Gasteiger partial charge in [0.1, 0.15) is 0 Å². The summed E-state index contributed by atoms with van der Waals surface area (Å²) in [5.41, 5.74) is 16.4. The molecule has 3 heteroatoms. The normalized spacial score (nSPS) is 12.3. The molecule has 0 aliphatic heterocycles. The van der Waals surface area contributed by atoms with Crippen LogP contribution in [-0.2, 0) is 12.8 Å². The molecule has 1 heterocycles. The van der Waals surface area contributed by atoms with Crippen molar-refractivity contribution in [2.45, 2.75) is 25.8 Å². The first-order valence-electron chi connectivity index (χ1n) is 6.14. The topological polar surface area (TPSA) is 64.9 Å². The van der Waals surface area contributed by atoms with E-state index in [-0.39, 0.29) is 6.04 Å². The predicted molar refractivity (Wildman–Crippen MR) is 75.2 cm³/mol. The molecule has 2 aromatic rings. The second kappa shape index (κ2) is 5.65. The lowest BCUT2D eigenvalue weighted by Gasteiger charge is -2.13. The number of anilines is 1. The number of aryl methyl sites for hydroxylation is 1. The van der Waals surface area contributed by atoms with Crippen LogP contribution in [0.2, 0.25) is 0 Å². The Morgan fingerprint density at radius 1 is 1.22 bits per heavy atom. The number of pyridine rings is 1. The molecule has 1 aromatic carbocycles. The van der Waals surface area contributed by atoms with Crippen LogP contribution < -0.4 is 11.5 Å². The van der Waals surface area contributed by atoms with Gasteiger partial charge in [-0.15, -0.1) is 0 Å². The van der Waals surface area contributed by atoms with E-state index < -0.39 is 0 Å². The number of benzene rings is 1. The molecule has 0 radical (unpaired) electrons. The quantitative estimate of drug-likeness (QED) is 0.861. The van der Waals surface area contributed by atoms with Gasteiger partial charge in [0.05, 0.1) is 0 Å². The Morgan fingerprint density at radius 3 is 2.78 bits per heavy atom. The van der Waals surface area contributed by atoms with E-state index in [4.69, 9.17) is 11.5 Å². The maximum absolute atomic E-state index is 6.17. The van der Waals surface area contributed by atoms with Crippen LogP contribution in [0.5, 0.6) is 0 Å². The van der Waals surface area contributed by atoms with E-state index in [1.807, 2.05) is 6.07 Å². The minimum absolute atomic E-state index is 0.0679. The molecule has 0 aliphatic rings. The molecule has 0 bridgehead atoms. The summed E-state index contributed by atoms with van der Waals surface area (Å²) in [6, 6.07) is 10.3. The molecule has 18 heavy (non-hydrogen) atoms. The monoisotopic (exact) mass is 241 g/mol. The molecule has 0 aliphatic carbocycles. The number of nitrogen functional groups attached to an aromatic ring is 1. The van der Waals surface area contributed by atoms with Crippen LogP contribution in [0, 0.1) is 6.92 Å². The first-order valence-corrected chi connectivity index (χ1v) is 6.14. The Bertz CT molecular complexity index is 523. The number of hydrogen-bond donors (Lipinski definition) is 2. The van der Waals surface area contributed by atoms with E-state index in [9.17, 15) is 0 Å². The third kappa shape index (κ3) is 3.31. The summed E-state index contributed by atoms with van der Waals surface area (Å²) in [5.74, 6) is 0. The van der Waals surface area contributed by atoms with Crippen molar-refractivity contribution in [1.29, 1.82) is 0 Å². The minimum atomic E-state index is 0.0679. The van der Waals surface area contributed by atoms with Gasteiger partial charge in [0, 0.05) is 24.1 Å². The molecule has 1 aromatic heterocycles. The molecule has 3 nitrogen and oxygen atoms in total. The molecule has 4 N–H and O–H groups in total. The molecule has 1 atom stereocenters. The summed E-state index contributed by atoms with van der Waals surface area (Å²) in [5, 5.41) is 0. The summed E-state index contributed by atoms with van der Waals surface area (Å²) in [4.78, 5) is 4.08. The fourth-order valence-corrected chi connectivity index (χ4v) is 2.10. The van der Waals surface area contributed by atoms with E-state index in [1.54, 1.807) is 12.4 Å². The number of aromatic nitrogens is 1. The highest BCUT2D eigenvalue weighted by Crippen LogP contribution is 2.13. The lowest BCUT2D eigenvalue weighted by atomic mass is 9.99. The van der Waals surface area contributed by atoms with Crippen LogP contribution in [0.1, 0.15) is 16.7 Å². The third-order valence-corrected chi connectivity index (χ3v) is 3.00. The van der Waals surface area contributed by atoms with Gasteiger partial charge in [-0.3, -0.25) is 4.98 Å². The van der Waals surface area contributed by atoms with Gasteiger partial charge < -0.3 is 11.5 Å². The molecule has 2 rings (SSSR count). The lowest BCUT2D eigenvalue weighted by Crippen LogP contribution is -2.26. The van der Waals surface area contributed by atoms with Gasteiger partial charge in [0.15, 0.2) is 0 Å². The highest BCUT2D eigenvalue weighted by Gasteiger charge is 2.08. The zero-order valence-electron chi connectivity index (χ0n) is 10.6. The van der Waals surface area contributed by atoms with Crippen molar-refractivity contribution < 1.29 is 0 Å². The van der Waals surface area contributed by atoms with Crippen molar-refractivity contribution in [3.63, 3.8) is 0 Å². The second-order valence-electron chi connectivity index (χ2n) is 4.73. The van der Waals surface area contributed by atoms with Crippen molar-refractivity contribution >= 4 is 5.69 Å². The van der Waals surface area contributed by atoms with Gasteiger partial charge in [-0.25, -0.2) is 0 Å². The average Bonchev–Trinajstić information content (AvgIpc) is 2.32. The Balaban J connectivity index is 2.01. The molecule has 94 valence electrons. The molecule has 0 spiro atoms. The Morgan fingerprint density at radius 2 is 2.06 bits per heavy atom. The minimum Gasteiger partial charge on any atom is -0.398 e. The van der Waals surface area contributed by atoms with Gasteiger partial charge in [0.2, 0.25) is 0 Å². The first-order chi connectivity index (χ1) is 8.65. The Labute approximate surface area is 108 Å². The zero-order chi connectivity index (χ0) is 13.0. The maximum Gasteiger partial charge on any atom is 0.0378 e. The van der Waals surface area contributed by atoms with Crippen LogP contribution in [-0.4, -0.2) is 11.0 Å². The third-order valence-electron chi connectivity index (χ3n) is 3.00. The van der Waals surface area contributed by atoms with Crippen LogP contribution in [0.15, 0.2) is 42.7 Å². The van der Waals surface area contributed by atoms with Crippen molar-refractivity contribution in [2.75, 3.05) is 5.73 Å². The fourth-order valence-electron chi connectivity index (χ4n) is 2.10. The van der Waals surface area contributed by atoms with E-state index in [2.05, 4.69) is 36.2 Å². The van der Waals surface area contributed by atoms with Gasteiger partial charge in [-0.2, -0.15) is 0 Å². The Hall–Kier alpha value is -1.87. The molecule has 0 amide bonds. The first kappa shape index (κ1) is 12.6. The summed E-state index contributed by atoms with van der Waals surface area (Å²) in [7, 11) is 0. The number of rotatable bonds is 4. The molecule has 1 unspecified atom stereocenters. The largest absolute Gasteiger partial charge is 0.398 e. The summed E-state index contributed by atoms with van der Waals surface area (Å²) in [6.45, 7) is 2.09. The number of hydrogen-bond acceptors (Lipinski definition) is 3. The van der Waals surface area contributed by atoms with Gasteiger partial charge in [-0.05, 0) is 37.0 Å².